The zero-order valence-electron chi connectivity index (χ0n) is 75.5. The molecule has 590 valence electrons. The van der Waals surface area contributed by atoms with Gasteiger partial charge < -0.3 is 14.4 Å². The minimum atomic E-state index is -0.379. The highest BCUT2D eigenvalue weighted by Crippen LogP contribution is 2.56. The van der Waals surface area contributed by atoms with Crippen molar-refractivity contribution in [2.75, 3.05) is 9.80 Å². The van der Waals surface area contributed by atoms with E-state index in [9.17, 15) is 0 Å². The summed E-state index contributed by atoms with van der Waals surface area (Å²) in [6, 6.07) is 69.9. The van der Waals surface area contributed by atoms with E-state index in [0.29, 0.717) is 0 Å². The summed E-state index contributed by atoms with van der Waals surface area (Å²) in [7, 11) is 0. The smallest absolute Gasteiger partial charge is 0.252 e. The van der Waals surface area contributed by atoms with E-state index in [0.717, 1.165) is 119 Å². The van der Waals surface area contributed by atoms with Gasteiger partial charge in [-0.2, -0.15) is 0 Å². The molecule has 0 N–H and O–H groups in total. The van der Waals surface area contributed by atoms with Gasteiger partial charge in [-0.05, 0) is 198 Å². The molecule has 2 aliphatic heterocycles. The van der Waals surface area contributed by atoms with Crippen molar-refractivity contribution in [3.8, 4) is 50.5 Å². The van der Waals surface area contributed by atoms with Gasteiger partial charge in [0.15, 0.2) is 0 Å². The molecule has 5 aromatic heterocycles. The average Bonchev–Trinajstić information content (AvgIpc) is 0.703. The van der Waals surface area contributed by atoms with Gasteiger partial charge in [0.25, 0.3) is 6.71 Å². The van der Waals surface area contributed by atoms with Gasteiger partial charge in [-0.3, -0.25) is 19.9 Å². The van der Waals surface area contributed by atoms with Gasteiger partial charge in [0, 0.05) is 128 Å². The standard InChI is InChI=1S/C106H128BN7/c1-96(2,3)65-43-48-81-73(55-65)74-56-66(97(4,5)6)44-49-82(74)112(81)70-46-47-77-84(62-70)114(95-75(79-39-35-41-87(108-79)101(16,17)18)57-68(99(10,11)12)58-76(95)80-40-36-42-88(109-80)102(19,20)21)86-61-69(100(13,14)15)60-85-93(86)107(77)78-59-67(98(7,8)9)45-50-83(78)113(85)94-71(63-51-89(103(22,23)24)110-90(52-63)104(25,26)27)37-34-38-72(94)64-53-91(105(28,29)30)111-92(54-64)106(31,32)33/h34-62H,1-33H3. The van der Waals surface area contributed by atoms with Crippen molar-refractivity contribution in [2.24, 2.45) is 0 Å². The Balaban J connectivity index is 1.23. The average molecular weight is 1510 g/mol. The van der Waals surface area contributed by atoms with Crippen LogP contribution in [0.4, 0.5) is 34.1 Å². The van der Waals surface area contributed by atoms with E-state index in [-0.39, 0.29) is 66.3 Å². The number of para-hydroxylation sites is 1. The molecular weight excluding hydrogens is 1380 g/mol. The van der Waals surface area contributed by atoms with Crippen LogP contribution in [0.5, 0.6) is 0 Å². The number of pyridine rings is 4. The quantitative estimate of drug-likeness (QED) is 0.148. The van der Waals surface area contributed by atoms with Crippen molar-refractivity contribution in [3.05, 3.63) is 238 Å². The molecule has 0 amide bonds. The number of rotatable bonds is 7. The summed E-state index contributed by atoms with van der Waals surface area (Å²) in [5, 5.41) is 2.50. The second-order valence-corrected chi connectivity index (χ2v) is 44.8. The second-order valence-electron chi connectivity index (χ2n) is 44.8. The number of aromatic nitrogens is 5. The van der Waals surface area contributed by atoms with E-state index < -0.39 is 0 Å². The van der Waals surface area contributed by atoms with Crippen LogP contribution in [-0.2, 0) is 59.6 Å². The number of nitrogens with zero attached hydrogens (tertiary/aromatic N) is 7. The fourth-order valence-corrected chi connectivity index (χ4v) is 16.6. The van der Waals surface area contributed by atoms with E-state index in [2.05, 4.69) is 419 Å². The van der Waals surface area contributed by atoms with Crippen molar-refractivity contribution in [3.63, 3.8) is 0 Å². The van der Waals surface area contributed by atoms with Gasteiger partial charge in [0.05, 0.1) is 33.8 Å². The van der Waals surface area contributed by atoms with Crippen LogP contribution in [0, 0.1) is 0 Å². The molecule has 114 heavy (non-hydrogen) atoms. The molecule has 8 heteroatoms. The van der Waals surface area contributed by atoms with Crippen molar-refractivity contribution in [2.45, 2.75) is 288 Å². The SMILES string of the molecule is CC(C)(C)c1ccc2c(c1)B1c3ccc(-n4c5ccc(C(C)(C)C)cc5c5cc(C(C)(C)C)ccc54)cc3N(c3c(-c4cccc(C(C)(C)C)n4)cc(C(C)(C)C)cc3-c3cccc(C(C)(C)C)n3)c3cc(C(C)(C)C)cc(c31)N2c1c(-c2cc(C(C)(C)C)nc(C(C)(C)C)c2)cccc1-c1cc(C(C)(C)C)nc(C(C)(C)C)c1. The monoisotopic (exact) mass is 1510 g/mol. The van der Waals surface area contributed by atoms with Crippen LogP contribution in [-0.4, -0.2) is 31.2 Å². The van der Waals surface area contributed by atoms with Gasteiger partial charge in [-0.1, -0.05) is 289 Å². The zero-order valence-corrected chi connectivity index (χ0v) is 75.5. The Kier molecular flexibility index (Phi) is 19.3. The van der Waals surface area contributed by atoms with Gasteiger partial charge in [-0.15, -0.1) is 0 Å². The van der Waals surface area contributed by atoms with E-state index in [4.69, 9.17) is 19.9 Å². The Morgan fingerprint density at radius 1 is 0.246 bits per heavy atom. The minimum absolute atomic E-state index is 0.0766. The van der Waals surface area contributed by atoms with Crippen LogP contribution >= 0.6 is 0 Å². The Hall–Kier alpha value is -9.40. The summed E-state index contributed by atoms with van der Waals surface area (Å²) in [4.78, 5) is 28.4. The first-order valence-corrected chi connectivity index (χ1v) is 42.0. The highest BCUT2D eigenvalue weighted by Gasteiger charge is 2.48. The van der Waals surface area contributed by atoms with E-state index >= 15 is 0 Å². The molecule has 14 rings (SSSR count). The Labute approximate surface area is 685 Å². The lowest BCUT2D eigenvalue weighted by molar-refractivity contribution is 0.531. The van der Waals surface area contributed by atoms with Crippen LogP contribution in [0.1, 0.15) is 290 Å². The molecule has 0 saturated carbocycles. The van der Waals surface area contributed by atoms with E-state index in [1.165, 1.54) is 66.0 Å². The third-order valence-corrected chi connectivity index (χ3v) is 23.9. The molecule has 0 fully saturated rings. The number of fused-ring (bicyclic) bond motifs is 7. The Morgan fingerprint density at radius 2 is 0.596 bits per heavy atom. The molecular formula is C106H128BN7. The Bertz CT molecular complexity index is 5530. The number of benzene rings is 7. The van der Waals surface area contributed by atoms with Gasteiger partial charge in [-0.25, -0.2) is 0 Å². The highest BCUT2D eigenvalue weighted by atomic mass is 15.2. The van der Waals surface area contributed by atoms with Crippen LogP contribution in [0.2, 0.25) is 0 Å². The summed E-state index contributed by atoms with van der Waals surface area (Å²) < 4.78 is 2.57. The summed E-state index contributed by atoms with van der Waals surface area (Å²) in [5.41, 5.74) is 32.1. The van der Waals surface area contributed by atoms with Crippen LogP contribution in [0.25, 0.3) is 72.3 Å². The summed E-state index contributed by atoms with van der Waals surface area (Å²) >= 11 is 0. The van der Waals surface area contributed by atoms with Gasteiger partial charge in [0.1, 0.15) is 0 Å². The molecule has 0 bridgehead atoms. The van der Waals surface area contributed by atoms with Crippen molar-refractivity contribution >= 4 is 79.0 Å². The van der Waals surface area contributed by atoms with Crippen LogP contribution in [0.3, 0.4) is 0 Å². The van der Waals surface area contributed by atoms with Crippen molar-refractivity contribution < 1.29 is 0 Å². The molecule has 0 saturated heterocycles. The molecule has 0 radical (unpaired) electrons. The zero-order chi connectivity index (χ0) is 83.2. The first-order valence-electron chi connectivity index (χ1n) is 42.0. The summed E-state index contributed by atoms with van der Waals surface area (Å²) in [6.07, 6.45) is 0. The Morgan fingerprint density at radius 3 is 0.982 bits per heavy atom. The number of hydrogen-bond acceptors (Lipinski definition) is 6. The third-order valence-electron chi connectivity index (χ3n) is 23.9. The molecule has 12 aromatic rings. The fourth-order valence-electron chi connectivity index (χ4n) is 16.6. The van der Waals surface area contributed by atoms with Crippen molar-refractivity contribution in [1.29, 1.82) is 0 Å². The molecule has 0 unspecified atom stereocenters. The second kappa shape index (κ2) is 27.1. The largest absolute Gasteiger partial charge is 0.310 e. The minimum Gasteiger partial charge on any atom is -0.310 e. The van der Waals surface area contributed by atoms with Crippen molar-refractivity contribution in [1.82, 2.24) is 24.5 Å². The highest BCUT2D eigenvalue weighted by molar-refractivity contribution is 7.00. The summed E-state index contributed by atoms with van der Waals surface area (Å²) in [6.45, 7) is 76.6. The first kappa shape index (κ1) is 81.2. The predicted octanol–water partition coefficient (Wildman–Crippen LogP) is 27.4. The molecule has 7 nitrogen and oxygen atoms in total. The predicted molar refractivity (Wildman–Crippen MR) is 493 cm³/mol. The lowest BCUT2D eigenvalue weighted by Gasteiger charge is -2.47. The van der Waals surface area contributed by atoms with E-state index in [1.807, 2.05) is 0 Å². The molecule has 7 heterocycles. The summed E-state index contributed by atoms with van der Waals surface area (Å²) in [5.74, 6) is 0. The molecule has 0 atom stereocenters. The maximum Gasteiger partial charge on any atom is 0.252 e. The van der Waals surface area contributed by atoms with Crippen LogP contribution < -0.4 is 26.2 Å². The van der Waals surface area contributed by atoms with Gasteiger partial charge in [0.2, 0.25) is 0 Å². The molecule has 0 aliphatic carbocycles. The fraction of sp³-hybridized carbons (Fsp3) is 0.415. The normalized spacial score (nSPS) is 14.1. The molecule has 0 spiro atoms. The molecule has 7 aromatic carbocycles. The van der Waals surface area contributed by atoms with Crippen LogP contribution in [0.15, 0.2) is 176 Å². The first-order chi connectivity index (χ1) is 52.5. The van der Waals surface area contributed by atoms with Gasteiger partial charge >= 0.3 is 0 Å². The number of anilines is 6. The maximum absolute atomic E-state index is 5.90. The number of hydrogen-bond donors (Lipinski definition) is 0. The molecule has 2 aliphatic rings. The maximum atomic E-state index is 5.90. The lowest BCUT2D eigenvalue weighted by atomic mass is 9.33. The van der Waals surface area contributed by atoms with E-state index in [1.54, 1.807) is 0 Å². The third kappa shape index (κ3) is 14.9. The topological polar surface area (TPSA) is 63.0 Å². The lowest BCUT2D eigenvalue weighted by Crippen LogP contribution is -2.61.